The highest BCUT2D eigenvalue weighted by molar-refractivity contribution is 7.98. The number of carbonyl (C=O) groups is 1. The number of thioether (sulfide) groups is 1. The van der Waals surface area contributed by atoms with Crippen LogP contribution in [0.4, 0.5) is 4.39 Å². The first-order valence-corrected chi connectivity index (χ1v) is 9.74. The maximum absolute atomic E-state index is 14.3. The van der Waals surface area contributed by atoms with E-state index in [9.17, 15) is 9.18 Å². The minimum Gasteiger partial charge on any atom is -0.457 e. The van der Waals surface area contributed by atoms with Gasteiger partial charge in [-0.05, 0) is 48.1 Å². The number of hydrogen-bond acceptors (Lipinski definition) is 6. The van der Waals surface area contributed by atoms with Crippen molar-refractivity contribution in [1.29, 1.82) is 0 Å². The van der Waals surface area contributed by atoms with E-state index in [1.807, 2.05) is 31.4 Å². The molecule has 0 bridgehead atoms. The van der Waals surface area contributed by atoms with Crippen LogP contribution in [-0.4, -0.2) is 25.9 Å². The molecule has 26 heavy (non-hydrogen) atoms. The van der Waals surface area contributed by atoms with Crippen molar-refractivity contribution < 1.29 is 23.1 Å². The SMILES string of the molecule is COOSc1ccc(C2=C(c3ccc(SC)c(C)c3)C(=O)OC2)cc1F. The van der Waals surface area contributed by atoms with Crippen LogP contribution in [0.1, 0.15) is 16.7 Å². The minimum atomic E-state index is -0.454. The van der Waals surface area contributed by atoms with Crippen molar-refractivity contribution in [2.75, 3.05) is 20.0 Å². The van der Waals surface area contributed by atoms with Crippen LogP contribution < -0.4 is 0 Å². The van der Waals surface area contributed by atoms with Crippen molar-refractivity contribution in [2.24, 2.45) is 0 Å². The third kappa shape index (κ3) is 3.81. The van der Waals surface area contributed by atoms with Gasteiger partial charge >= 0.3 is 5.97 Å². The van der Waals surface area contributed by atoms with E-state index >= 15 is 0 Å². The van der Waals surface area contributed by atoms with Crippen molar-refractivity contribution in [3.63, 3.8) is 0 Å². The molecule has 0 aromatic heterocycles. The van der Waals surface area contributed by atoms with Crippen LogP contribution in [0.3, 0.4) is 0 Å². The van der Waals surface area contributed by atoms with Gasteiger partial charge in [-0.1, -0.05) is 18.2 Å². The van der Waals surface area contributed by atoms with Crippen molar-refractivity contribution >= 4 is 40.9 Å². The zero-order valence-electron chi connectivity index (χ0n) is 14.5. The summed E-state index contributed by atoms with van der Waals surface area (Å²) in [6.07, 6.45) is 2.01. The van der Waals surface area contributed by atoms with Crippen LogP contribution in [0.5, 0.6) is 0 Å². The standard InChI is InChI=1S/C19H17FO4S2/c1-11-8-13(5-6-16(11)25-3)18-14(10-23-19(18)21)12-4-7-17(15(20)9-12)26-24-22-2/h4-9H,10H2,1-3H3. The number of ether oxygens (including phenoxy) is 1. The summed E-state index contributed by atoms with van der Waals surface area (Å²) in [6, 6.07) is 10.5. The molecule has 0 amide bonds. The Kier molecular flexibility index (Phi) is 6.03. The van der Waals surface area contributed by atoms with Crippen LogP contribution in [0.15, 0.2) is 46.2 Å². The smallest absolute Gasteiger partial charge is 0.339 e. The predicted molar refractivity (Wildman–Crippen MR) is 101 cm³/mol. The first kappa shape index (κ1) is 19.0. The van der Waals surface area contributed by atoms with Crippen molar-refractivity contribution in [1.82, 2.24) is 0 Å². The third-order valence-electron chi connectivity index (χ3n) is 4.01. The van der Waals surface area contributed by atoms with Gasteiger partial charge in [0.15, 0.2) is 0 Å². The Balaban J connectivity index is 2.02. The lowest BCUT2D eigenvalue weighted by molar-refractivity contribution is -0.160. The quantitative estimate of drug-likeness (QED) is 0.229. The molecule has 0 saturated heterocycles. The summed E-state index contributed by atoms with van der Waals surface area (Å²) in [6.45, 7) is 2.12. The first-order chi connectivity index (χ1) is 12.5. The highest BCUT2D eigenvalue weighted by Gasteiger charge is 2.28. The number of carbonyl (C=O) groups excluding carboxylic acids is 1. The van der Waals surface area contributed by atoms with Gasteiger partial charge in [0.25, 0.3) is 0 Å². The normalized spacial score (nSPS) is 14.1. The van der Waals surface area contributed by atoms with Gasteiger partial charge in [-0.25, -0.2) is 14.1 Å². The van der Waals surface area contributed by atoms with E-state index in [-0.39, 0.29) is 6.61 Å². The molecule has 0 fully saturated rings. The molecule has 1 aliphatic rings. The molecule has 7 heteroatoms. The second kappa shape index (κ2) is 8.26. The van der Waals surface area contributed by atoms with E-state index in [2.05, 4.69) is 4.89 Å². The number of cyclic esters (lactones) is 1. The highest BCUT2D eigenvalue weighted by atomic mass is 32.2. The molecule has 2 aromatic carbocycles. The molecular weight excluding hydrogens is 375 g/mol. The molecule has 0 unspecified atom stereocenters. The van der Waals surface area contributed by atoms with Gasteiger partial charge in [-0.15, -0.1) is 11.8 Å². The first-order valence-electron chi connectivity index (χ1n) is 7.77. The number of benzene rings is 2. The van der Waals surface area contributed by atoms with Crippen LogP contribution in [-0.2, 0) is 18.8 Å². The van der Waals surface area contributed by atoms with Gasteiger partial charge in [-0.2, -0.15) is 4.33 Å². The summed E-state index contributed by atoms with van der Waals surface area (Å²) in [5.74, 6) is -0.845. The van der Waals surface area contributed by atoms with E-state index in [0.29, 0.717) is 21.6 Å². The fourth-order valence-corrected chi connectivity index (χ4v) is 3.77. The highest BCUT2D eigenvalue weighted by Crippen LogP contribution is 2.36. The van der Waals surface area contributed by atoms with Crippen molar-refractivity contribution in [2.45, 2.75) is 16.7 Å². The van der Waals surface area contributed by atoms with Gasteiger partial charge in [0.05, 0.1) is 29.6 Å². The fraction of sp³-hybridized carbons (Fsp3) is 0.211. The van der Waals surface area contributed by atoms with Crippen LogP contribution in [0.2, 0.25) is 0 Å². The summed E-state index contributed by atoms with van der Waals surface area (Å²) in [4.78, 5) is 18.2. The molecule has 0 saturated carbocycles. The maximum Gasteiger partial charge on any atom is 0.339 e. The zero-order chi connectivity index (χ0) is 18.7. The molecule has 0 aliphatic carbocycles. The Morgan fingerprint density at radius 1 is 1.12 bits per heavy atom. The molecule has 1 aliphatic heterocycles. The van der Waals surface area contributed by atoms with Crippen LogP contribution in [0, 0.1) is 12.7 Å². The number of halogens is 1. The monoisotopic (exact) mass is 392 g/mol. The summed E-state index contributed by atoms with van der Waals surface area (Å²) in [5, 5.41) is 0. The average molecular weight is 392 g/mol. The van der Waals surface area contributed by atoms with E-state index in [1.54, 1.807) is 23.9 Å². The second-order valence-electron chi connectivity index (χ2n) is 5.58. The van der Waals surface area contributed by atoms with E-state index in [0.717, 1.165) is 28.1 Å². The molecule has 0 spiro atoms. The van der Waals surface area contributed by atoms with E-state index < -0.39 is 11.8 Å². The molecule has 0 N–H and O–H groups in total. The molecule has 1 heterocycles. The predicted octanol–water partition coefficient (Wildman–Crippen LogP) is 4.91. The van der Waals surface area contributed by atoms with E-state index in [1.165, 1.54) is 13.2 Å². The Labute approximate surface area is 159 Å². The Morgan fingerprint density at radius 3 is 2.50 bits per heavy atom. The largest absolute Gasteiger partial charge is 0.457 e. The lowest BCUT2D eigenvalue weighted by atomic mass is 9.95. The zero-order valence-corrected chi connectivity index (χ0v) is 16.1. The summed E-state index contributed by atoms with van der Waals surface area (Å²) >= 11 is 2.44. The average Bonchev–Trinajstić information content (AvgIpc) is 3.02. The lowest BCUT2D eigenvalue weighted by Crippen LogP contribution is -1.99. The molecule has 2 aromatic rings. The van der Waals surface area contributed by atoms with Crippen molar-refractivity contribution in [3.8, 4) is 0 Å². The fourth-order valence-electron chi connectivity index (χ4n) is 2.79. The topological polar surface area (TPSA) is 44.8 Å². The Morgan fingerprint density at radius 2 is 1.85 bits per heavy atom. The minimum absolute atomic E-state index is 0.123. The third-order valence-corrected chi connectivity index (χ3v) is 5.62. The molecule has 0 atom stereocenters. The number of hydrogen-bond donors (Lipinski definition) is 0. The van der Waals surface area contributed by atoms with Gasteiger partial charge < -0.3 is 4.74 Å². The summed E-state index contributed by atoms with van der Waals surface area (Å²) < 4.78 is 24.2. The molecule has 0 radical (unpaired) electrons. The molecule has 136 valence electrons. The summed E-state index contributed by atoms with van der Waals surface area (Å²) in [5.41, 5.74) is 3.62. The Bertz CT molecular complexity index is 880. The van der Waals surface area contributed by atoms with Gasteiger partial charge in [-0.3, -0.25) is 0 Å². The van der Waals surface area contributed by atoms with Gasteiger partial charge in [0, 0.05) is 10.5 Å². The molecular formula is C19H17FO4S2. The van der Waals surface area contributed by atoms with Gasteiger partial charge in [0.2, 0.25) is 0 Å². The van der Waals surface area contributed by atoms with Crippen LogP contribution in [0.25, 0.3) is 11.1 Å². The Hall–Kier alpha value is -1.80. The summed E-state index contributed by atoms with van der Waals surface area (Å²) in [7, 11) is 1.35. The van der Waals surface area contributed by atoms with E-state index in [4.69, 9.17) is 9.07 Å². The van der Waals surface area contributed by atoms with Gasteiger partial charge in [0.1, 0.15) is 12.4 Å². The number of aryl methyl sites for hydroxylation is 1. The number of esters is 1. The van der Waals surface area contributed by atoms with Crippen LogP contribution >= 0.6 is 23.8 Å². The molecule has 3 rings (SSSR count). The lowest BCUT2D eigenvalue weighted by Gasteiger charge is -2.09. The maximum atomic E-state index is 14.3. The number of rotatable bonds is 6. The van der Waals surface area contributed by atoms with Crippen molar-refractivity contribution in [3.05, 3.63) is 58.9 Å². The molecule has 4 nitrogen and oxygen atoms in total. The second-order valence-corrected chi connectivity index (χ2v) is 7.17.